The zero-order chi connectivity index (χ0) is 18.5. The first-order valence-electron chi connectivity index (χ1n) is 8.40. The molecule has 0 aliphatic carbocycles. The van der Waals surface area contributed by atoms with Gasteiger partial charge in [-0.2, -0.15) is 0 Å². The molecule has 2 N–H and O–H groups in total. The number of hydrogen-bond donors (Lipinski definition) is 2. The van der Waals surface area contributed by atoms with Crippen molar-refractivity contribution in [1.29, 1.82) is 0 Å². The van der Waals surface area contributed by atoms with Gasteiger partial charge >= 0.3 is 5.69 Å². The molecule has 1 aromatic heterocycles. The van der Waals surface area contributed by atoms with Gasteiger partial charge in [0.15, 0.2) is 5.75 Å². The number of fused-ring (bicyclic) bond motifs is 6. The highest BCUT2D eigenvalue weighted by molar-refractivity contribution is 6.23. The van der Waals surface area contributed by atoms with Crippen molar-refractivity contribution in [3.8, 4) is 17.1 Å². The van der Waals surface area contributed by atoms with Crippen molar-refractivity contribution in [3.05, 3.63) is 76.8 Å². The molecule has 4 aromatic carbocycles. The molecule has 0 bridgehead atoms. The molecule has 0 aliphatic rings. The summed E-state index contributed by atoms with van der Waals surface area (Å²) in [5, 5.41) is 25.1. The van der Waals surface area contributed by atoms with Crippen molar-refractivity contribution in [2.75, 3.05) is 0 Å². The summed E-state index contributed by atoms with van der Waals surface area (Å²) < 4.78 is 0. The zero-order valence-electron chi connectivity index (χ0n) is 14.0. The smallest absolute Gasteiger partial charge is 0.311 e. The van der Waals surface area contributed by atoms with Gasteiger partial charge in [0.2, 0.25) is 0 Å². The number of imidazole rings is 1. The lowest BCUT2D eigenvalue weighted by Gasteiger charge is -2.05. The molecule has 5 aromatic rings. The Hall–Kier alpha value is -3.93. The van der Waals surface area contributed by atoms with E-state index in [2.05, 4.69) is 17.1 Å². The molecule has 0 aliphatic heterocycles. The molecule has 130 valence electrons. The van der Waals surface area contributed by atoms with Crippen LogP contribution in [0.4, 0.5) is 5.69 Å². The van der Waals surface area contributed by atoms with Gasteiger partial charge in [-0.3, -0.25) is 10.1 Å². The van der Waals surface area contributed by atoms with Gasteiger partial charge in [0, 0.05) is 22.4 Å². The molecule has 0 unspecified atom stereocenters. The highest BCUT2D eigenvalue weighted by atomic mass is 16.6. The lowest BCUT2D eigenvalue weighted by atomic mass is 10.0. The molecule has 5 rings (SSSR count). The first-order chi connectivity index (χ1) is 13.1. The normalized spacial score (nSPS) is 11.4. The van der Waals surface area contributed by atoms with Crippen molar-refractivity contribution in [2.24, 2.45) is 0 Å². The van der Waals surface area contributed by atoms with E-state index in [9.17, 15) is 15.2 Å². The molecule has 0 atom stereocenters. The van der Waals surface area contributed by atoms with Crippen LogP contribution in [0.15, 0.2) is 66.7 Å². The number of aromatic hydroxyl groups is 1. The van der Waals surface area contributed by atoms with E-state index in [1.807, 2.05) is 36.4 Å². The number of nitro benzene ring substituents is 1. The fraction of sp³-hybridized carbons (Fsp3) is 0. The van der Waals surface area contributed by atoms with Crippen LogP contribution in [0.2, 0.25) is 0 Å². The largest absolute Gasteiger partial charge is 0.502 e. The summed E-state index contributed by atoms with van der Waals surface area (Å²) in [7, 11) is 0. The van der Waals surface area contributed by atoms with Crippen molar-refractivity contribution in [2.45, 2.75) is 0 Å². The minimum atomic E-state index is -0.605. The summed E-state index contributed by atoms with van der Waals surface area (Å²) in [6.45, 7) is 0. The molecule has 27 heavy (non-hydrogen) atoms. The Morgan fingerprint density at radius 3 is 2.22 bits per heavy atom. The molecule has 0 amide bonds. The summed E-state index contributed by atoms with van der Waals surface area (Å²) in [4.78, 5) is 18.6. The Morgan fingerprint density at radius 2 is 1.52 bits per heavy atom. The average Bonchev–Trinajstić information content (AvgIpc) is 3.14. The first-order valence-corrected chi connectivity index (χ1v) is 8.40. The summed E-state index contributed by atoms with van der Waals surface area (Å²) in [6.07, 6.45) is 0. The van der Waals surface area contributed by atoms with Crippen molar-refractivity contribution >= 4 is 38.3 Å². The van der Waals surface area contributed by atoms with Gasteiger partial charge in [0.05, 0.1) is 16.0 Å². The van der Waals surface area contributed by atoms with E-state index in [4.69, 9.17) is 4.98 Å². The third-order valence-corrected chi connectivity index (χ3v) is 4.82. The minimum Gasteiger partial charge on any atom is -0.502 e. The topological polar surface area (TPSA) is 92.0 Å². The third kappa shape index (κ3) is 2.23. The van der Waals surface area contributed by atoms with Crippen LogP contribution >= 0.6 is 0 Å². The number of aromatic nitrogens is 2. The summed E-state index contributed by atoms with van der Waals surface area (Å²) in [5.74, 6) is 0.158. The Balaban J connectivity index is 1.87. The van der Waals surface area contributed by atoms with E-state index in [1.54, 1.807) is 6.07 Å². The standard InChI is InChI=1S/C21H13N3O3/c25-18-10-9-12(11-17(18)24(26)27)21-22-19-15-7-3-1-5-13(15)14-6-2-4-8-16(14)20(19)23-21/h1-11,25H,(H,22,23). The van der Waals surface area contributed by atoms with Gasteiger partial charge in [-0.1, -0.05) is 48.5 Å². The van der Waals surface area contributed by atoms with Crippen LogP contribution in [0, 0.1) is 10.1 Å². The number of nitro groups is 1. The molecule has 0 saturated carbocycles. The Bertz CT molecular complexity index is 1300. The van der Waals surface area contributed by atoms with Crippen molar-refractivity contribution < 1.29 is 10.0 Å². The molecule has 0 saturated heterocycles. The molecule has 6 nitrogen and oxygen atoms in total. The van der Waals surface area contributed by atoms with Crippen molar-refractivity contribution in [1.82, 2.24) is 9.97 Å². The average molecular weight is 355 g/mol. The monoisotopic (exact) mass is 355 g/mol. The van der Waals surface area contributed by atoms with Gasteiger partial charge in [-0.05, 0) is 22.9 Å². The van der Waals surface area contributed by atoms with Crippen LogP contribution in [-0.4, -0.2) is 20.0 Å². The minimum absolute atomic E-state index is 0.345. The number of benzene rings is 4. The predicted octanol–water partition coefficient (Wildman–Crippen LogP) is 5.15. The highest BCUT2D eigenvalue weighted by Gasteiger charge is 2.18. The number of phenols is 1. The Labute approximate surface area is 152 Å². The number of nitrogens with zero attached hydrogens (tertiary/aromatic N) is 2. The maximum Gasteiger partial charge on any atom is 0.311 e. The van der Waals surface area contributed by atoms with E-state index >= 15 is 0 Å². The van der Waals surface area contributed by atoms with Crippen LogP contribution < -0.4 is 0 Å². The molecular weight excluding hydrogens is 342 g/mol. The van der Waals surface area contributed by atoms with Crippen LogP contribution in [0.1, 0.15) is 0 Å². The molecule has 0 fully saturated rings. The van der Waals surface area contributed by atoms with Crippen molar-refractivity contribution in [3.63, 3.8) is 0 Å². The number of aromatic amines is 1. The maximum absolute atomic E-state index is 11.1. The fourth-order valence-corrected chi connectivity index (χ4v) is 3.58. The number of H-pyrrole nitrogens is 1. The predicted molar refractivity (Wildman–Crippen MR) is 105 cm³/mol. The van der Waals surface area contributed by atoms with Crippen LogP contribution in [-0.2, 0) is 0 Å². The van der Waals surface area contributed by atoms with Gasteiger partial charge in [0.25, 0.3) is 0 Å². The van der Waals surface area contributed by atoms with Gasteiger partial charge < -0.3 is 10.1 Å². The van der Waals surface area contributed by atoms with E-state index in [-0.39, 0.29) is 11.4 Å². The highest BCUT2D eigenvalue weighted by Crippen LogP contribution is 2.36. The number of phenolic OH excluding ortho intramolecular Hbond substituents is 1. The van der Waals surface area contributed by atoms with Gasteiger partial charge in [-0.15, -0.1) is 0 Å². The zero-order valence-corrected chi connectivity index (χ0v) is 14.0. The maximum atomic E-state index is 11.1. The van der Waals surface area contributed by atoms with Gasteiger partial charge in [0.1, 0.15) is 5.82 Å². The second kappa shape index (κ2) is 5.54. The molecular formula is C21H13N3O3. The number of hydrogen-bond acceptors (Lipinski definition) is 4. The molecule has 1 heterocycles. The number of rotatable bonds is 2. The quantitative estimate of drug-likeness (QED) is 0.260. The molecule has 0 radical (unpaired) electrons. The van der Waals surface area contributed by atoms with E-state index in [0.29, 0.717) is 11.4 Å². The summed E-state index contributed by atoms with van der Waals surface area (Å²) >= 11 is 0. The Kier molecular flexibility index (Phi) is 3.14. The number of nitrogens with one attached hydrogen (secondary N) is 1. The van der Waals surface area contributed by atoms with E-state index < -0.39 is 4.92 Å². The van der Waals surface area contributed by atoms with E-state index in [1.165, 1.54) is 12.1 Å². The third-order valence-electron chi connectivity index (χ3n) is 4.82. The Morgan fingerprint density at radius 1 is 0.889 bits per heavy atom. The molecule has 6 heteroatoms. The van der Waals surface area contributed by atoms with Crippen LogP contribution in [0.3, 0.4) is 0 Å². The fourth-order valence-electron chi connectivity index (χ4n) is 3.58. The summed E-state index contributed by atoms with van der Waals surface area (Å²) in [6, 6.07) is 20.4. The van der Waals surface area contributed by atoms with E-state index in [0.717, 1.165) is 32.6 Å². The summed E-state index contributed by atoms with van der Waals surface area (Å²) in [5.41, 5.74) is 1.90. The van der Waals surface area contributed by atoms with Crippen LogP contribution in [0.25, 0.3) is 44.0 Å². The second-order valence-corrected chi connectivity index (χ2v) is 6.36. The lowest BCUT2D eigenvalue weighted by molar-refractivity contribution is -0.385. The lowest BCUT2D eigenvalue weighted by Crippen LogP contribution is -1.90. The van der Waals surface area contributed by atoms with Crippen LogP contribution in [0.5, 0.6) is 5.75 Å². The van der Waals surface area contributed by atoms with Gasteiger partial charge in [-0.25, -0.2) is 4.98 Å². The SMILES string of the molecule is O=[N+]([O-])c1cc(-c2nc3c4ccccc4c4ccccc4c3[nH]2)ccc1O. The molecule has 0 spiro atoms. The first kappa shape index (κ1) is 15.3. The second-order valence-electron chi connectivity index (χ2n) is 6.36.